The first-order valence-corrected chi connectivity index (χ1v) is 49.0. The van der Waals surface area contributed by atoms with Gasteiger partial charge in [-0.25, -0.2) is 9.13 Å². The SMILES string of the molecule is CC(=O)NC1C(OCCCCCC(=O)NCCCCCC(=O)N(CCO)CCOP(=O)(O)OCCN(CCOP(=O)(O)OCCN(CCOC2CCCC(c3ccccc3)CC2)C(=O)CCCCCNC(=O)CCCCCOC2OC(CO)C(O)C(O)C2NC(C)=O)C(=O)CCCCCNC(=O)CCCCCOC2OC(CO)C(O)C(O)C2NC(C)=O)OC(CO)C(O)C1O. The van der Waals surface area contributed by atoms with Crippen LogP contribution in [-0.2, 0) is 104 Å². The van der Waals surface area contributed by atoms with Crippen LogP contribution in [0.5, 0.6) is 0 Å². The van der Waals surface area contributed by atoms with Crippen LogP contribution in [0.2, 0.25) is 0 Å². The number of benzene rings is 1. The third-order valence-electron chi connectivity index (χ3n) is 22.7. The summed E-state index contributed by atoms with van der Waals surface area (Å²) in [4.78, 5) is 140. The summed E-state index contributed by atoms with van der Waals surface area (Å²) >= 11 is 0. The summed E-state index contributed by atoms with van der Waals surface area (Å²) < 4.78 is 88.4. The molecule has 130 heavy (non-hydrogen) atoms. The number of hydrogen-bond donors (Lipinski definition) is 18. The molecular weight excluding hydrogens is 1750 g/mol. The summed E-state index contributed by atoms with van der Waals surface area (Å²) in [5.41, 5.74) is 1.28. The van der Waals surface area contributed by atoms with Gasteiger partial charge >= 0.3 is 15.6 Å². The molecule has 0 radical (unpaired) electrons. The maximum absolute atomic E-state index is 14.0. The molecule has 5 rings (SSSR count). The lowest BCUT2D eigenvalue weighted by atomic mass is 9.92. The zero-order valence-electron chi connectivity index (χ0n) is 75.6. The Kier molecular flexibility index (Phi) is 57.1. The third kappa shape index (κ3) is 45.6. The number of aliphatic hydroxyl groups is 10. The van der Waals surface area contributed by atoms with Crippen molar-refractivity contribution < 1.29 is 164 Å². The van der Waals surface area contributed by atoms with Crippen LogP contribution < -0.4 is 31.9 Å². The number of phosphoric acid groups is 2. The van der Waals surface area contributed by atoms with E-state index in [1.54, 1.807) is 0 Å². The average molecular weight is 1900 g/mol. The Morgan fingerprint density at radius 3 is 1.01 bits per heavy atom. The van der Waals surface area contributed by atoms with Gasteiger partial charge in [0.25, 0.3) is 0 Å². The fraction of sp³-hybridized carbons (Fsp3) is 0.824. The normalized spacial score (nSPS) is 25.0. The number of hydrogen-bond acceptors (Lipinski definition) is 32. The van der Waals surface area contributed by atoms with E-state index in [4.69, 9.17) is 51.3 Å². The minimum Gasteiger partial charge on any atom is -0.395 e. The van der Waals surface area contributed by atoms with Crippen molar-refractivity contribution in [3.8, 4) is 0 Å². The summed E-state index contributed by atoms with van der Waals surface area (Å²) in [6, 6.07) is 7.09. The smallest absolute Gasteiger partial charge is 0.395 e. The number of aliphatic hydroxyl groups excluding tert-OH is 10. The first-order valence-electron chi connectivity index (χ1n) is 46.0. The molecule has 748 valence electrons. The van der Waals surface area contributed by atoms with E-state index in [1.165, 1.54) is 41.0 Å². The highest BCUT2D eigenvalue weighted by atomic mass is 31.2. The van der Waals surface area contributed by atoms with Gasteiger partial charge in [0.1, 0.15) is 73.1 Å². The summed E-state index contributed by atoms with van der Waals surface area (Å²) in [7, 11) is -9.77. The van der Waals surface area contributed by atoms with Gasteiger partial charge in [-0.3, -0.25) is 61.2 Å². The fourth-order valence-corrected chi connectivity index (χ4v) is 16.9. The van der Waals surface area contributed by atoms with Gasteiger partial charge in [-0.15, -0.1) is 0 Å². The second kappa shape index (κ2) is 64.9. The Morgan fingerprint density at radius 1 is 0.369 bits per heavy atom. The van der Waals surface area contributed by atoms with Crippen molar-refractivity contribution in [1.29, 1.82) is 0 Å². The molecule has 1 aromatic carbocycles. The Labute approximate surface area is 761 Å². The van der Waals surface area contributed by atoms with Crippen molar-refractivity contribution in [2.75, 3.05) is 138 Å². The van der Waals surface area contributed by atoms with Gasteiger partial charge in [-0.1, -0.05) is 75.3 Å². The van der Waals surface area contributed by atoms with Crippen molar-refractivity contribution in [2.24, 2.45) is 0 Å². The fourth-order valence-electron chi connectivity index (χ4n) is 15.5. The summed E-state index contributed by atoms with van der Waals surface area (Å²) in [5.74, 6) is -2.76. The van der Waals surface area contributed by atoms with Gasteiger partial charge in [0.2, 0.25) is 53.2 Å². The number of ether oxygens (including phenoxy) is 7. The molecule has 18 N–H and O–H groups in total. The molecule has 3 saturated heterocycles. The Morgan fingerprint density at radius 2 is 0.685 bits per heavy atom. The van der Waals surface area contributed by atoms with Crippen LogP contribution in [0.25, 0.3) is 0 Å². The maximum atomic E-state index is 14.0. The number of phosphoric ester groups is 2. The molecule has 1 aliphatic carbocycles. The van der Waals surface area contributed by atoms with Gasteiger partial charge < -0.3 is 141 Å². The predicted octanol–water partition coefficient (Wildman–Crippen LogP) is 0.457. The standard InChI is InChI=1S/C85H149N9O34P2/c1-59(99)89-74-80(111)77(108)65(56-96)126-83(74)119-48-22-8-13-30-68(102)86-38-19-5-16-33-71(105)92(41-47-95)43-52-122-129(114,115)124-54-45-94(73(107)35-18-7-21-40-88-70(104)32-15-10-24-50-121-85-76(91-61(3)101)82(113)79(110)67(58-98)128-85)46-55-125-130(116,117)123-53-44-93(42-51-118-64-29-25-28-63(36-37-64)62-26-11-4-12-27-62)72(106)34-17-6-20-39-87-69(103)31-14-9-23-49-120-84-75(90-60(2)100)81(112)78(109)66(57-97)127-84/h4,11-12,26-27,63-67,74-85,95-98,108-113H,5-10,13-25,28-58H2,1-3H3,(H,86,102)(H,87,103)(H,88,104)(H,89,99)(H,90,100)(H,91,101)(H,114,115)(H,116,117). The maximum Gasteiger partial charge on any atom is 0.472 e. The Hall–Kier alpha value is -6.01. The minimum atomic E-state index is -4.89. The van der Waals surface area contributed by atoms with Crippen LogP contribution in [0.4, 0.5) is 0 Å². The molecule has 1 saturated carbocycles. The van der Waals surface area contributed by atoms with E-state index in [9.17, 15) is 113 Å². The number of rotatable bonds is 68. The monoisotopic (exact) mass is 1900 g/mol. The van der Waals surface area contributed by atoms with Gasteiger partial charge in [0.05, 0.1) is 65.6 Å². The summed E-state index contributed by atoms with van der Waals surface area (Å²) in [6.45, 7) is 0.0316. The van der Waals surface area contributed by atoms with Crippen LogP contribution in [0.15, 0.2) is 30.3 Å². The molecule has 43 nitrogen and oxygen atoms in total. The average Bonchev–Trinajstić information content (AvgIpc) is 0.824. The van der Waals surface area contributed by atoms with E-state index in [-0.39, 0.29) is 146 Å². The molecule has 1 aromatic rings. The third-order valence-corrected chi connectivity index (χ3v) is 24.7. The first-order chi connectivity index (χ1) is 62.3. The van der Waals surface area contributed by atoms with Crippen molar-refractivity contribution >= 4 is 68.8 Å². The second-order valence-electron chi connectivity index (χ2n) is 33.1. The minimum absolute atomic E-state index is 0.0494. The van der Waals surface area contributed by atoms with Crippen molar-refractivity contribution in [1.82, 2.24) is 46.6 Å². The molecule has 4 fully saturated rings. The van der Waals surface area contributed by atoms with Crippen LogP contribution >= 0.6 is 15.6 Å². The molecule has 45 heteroatoms. The quantitative estimate of drug-likeness (QED) is 0.0239. The lowest BCUT2D eigenvalue weighted by molar-refractivity contribution is -0.270. The number of unbranched alkanes of at least 4 members (excludes halogenated alkanes) is 12. The number of amides is 9. The molecule has 3 aliphatic heterocycles. The van der Waals surface area contributed by atoms with Gasteiger partial charge in [-0.2, -0.15) is 0 Å². The molecule has 4 aliphatic rings. The summed E-state index contributed by atoms with van der Waals surface area (Å²) in [5, 5.41) is 117. The van der Waals surface area contributed by atoms with E-state index in [2.05, 4.69) is 44.0 Å². The molecule has 0 spiro atoms. The molecule has 9 amide bonds. The van der Waals surface area contributed by atoms with Gasteiger partial charge in [-0.05, 0) is 114 Å². The topological polar surface area (TPSA) is 614 Å². The highest BCUT2D eigenvalue weighted by Crippen LogP contribution is 2.44. The van der Waals surface area contributed by atoms with E-state index < -0.39 is 184 Å². The highest BCUT2D eigenvalue weighted by molar-refractivity contribution is 7.47. The molecule has 19 atom stereocenters. The van der Waals surface area contributed by atoms with Crippen LogP contribution in [0.3, 0.4) is 0 Å². The predicted molar refractivity (Wildman–Crippen MR) is 466 cm³/mol. The Balaban J connectivity index is 1.08. The van der Waals surface area contributed by atoms with E-state index >= 15 is 0 Å². The zero-order chi connectivity index (χ0) is 95.2. The largest absolute Gasteiger partial charge is 0.472 e. The van der Waals surface area contributed by atoms with Gasteiger partial charge in [0, 0.05) is 138 Å². The van der Waals surface area contributed by atoms with E-state index in [0.717, 1.165) is 32.1 Å². The highest BCUT2D eigenvalue weighted by Gasteiger charge is 2.48. The first kappa shape index (κ1) is 114. The Bertz CT molecular complexity index is 3510. The van der Waals surface area contributed by atoms with Crippen LogP contribution in [-0.4, -0.2) is 365 Å². The van der Waals surface area contributed by atoms with E-state index in [0.29, 0.717) is 135 Å². The van der Waals surface area contributed by atoms with Crippen molar-refractivity contribution in [2.45, 2.75) is 311 Å². The number of carbonyl (C=O) groups excluding carboxylic acids is 9. The zero-order valence-corrected chi connectivity index (χ0v) is 77.4. The van der Waals surface area contributed by atoms with Crippen LogP contribution in [0, 0.1) is 0 Å². The lowest BCUT2D eigenvalue weighted by Gasteiger charge is -2.42. The van der Waals surface area contributed by atoms with E-state index in [1.807, 2.05) is 18.2 Å². The molecule has 0 bridgehead atoms. The van der Waals surface area contributed by atoms with Crippen molar-refractivity contribution in [3.63, 3.8) is 0 Å². The second-order valence-corrected chi connectivity index (χ2v) is 36.0. The summed E-state index contributed by atoms with van der Waals surface area (Å²) in [6.07, 6.45) is -0.988. The molecule has 3 heterocycles. The van der Waals surface area contributed by atoms with Gasteiger partial charge in [0.15, 0.2) is 18.9 Å². The number of nitrogens with one attached hydrogen (secondary N) is 6. The number of carbonyl (C=O) groups is 9. The van der Waals surface area contributed by atoms with Crippen molar-refractivity contribution in [3.05, 3.63) is 35.9 Å². The number of nitrogens with zero attached hydrogens (tertiary/aromatic N) is 3. The van der Waals surface area contributed by atoms with Crippen LogP contribution in [0.1, 0.15) is 218 Å². The lowest BCUT2D eigenvalue weighted by Crippen LogP contribution is -2.64. The molecule has 19 unspecified atom stereocenters. The molecule has 0 aromatic heterocycles. The molecular formula is C85H149N9O34P2.